The van der Waals surface area contributed by atoms with E-state index in [2.05, 4.69) is 43.1 Å². The summed E-state index contributed by atoms with van der Waals surface area (Å²) in [5.74, 6) is 0.150. The number of amides is 1. The monoisotopic (exact) mass is 304 g/mol. The molecule has 0 saturated heterocycles. The SMILES string of the molecule is CCCN1C(=O)c2ccccc2C1c1c(C)[nH]c2ccccc12. The summed E-state index contributed by atoms with van der Waals surface area (Å²) >= 11 is 0. The summed E-state index contributed by atoms with van der Waals surface area (Å²) in [5.41, 5.74) is 5.47. The van der Waals surface area contributed by atoms with Gasteiger partial charge in [0.15, 0.2) is 0 Å². The van der Waals surface area contributed by atoms with Crippen molar-refractivity contribution >= 4 is 16.8 Å². The molecule has 1 aliphatic rings. The number of carbonyl (C=O) groups excluding carboxylic acids is 1. The minimum Gasteiger partial charge on any atom is -0.358 e. The van der Waals surface area contributed by atoms with Crippen LogP contribution in [-0.2, 0) is 0 Å². The van der Waals surface area contributed by atoms with Gasteiger partial charge in [-0.1, -0.05) is 43.3 Å². The molecule has 1 amide bonds. The fourth-order valence-electron chi connectivity index (χ4n) is 3.80. The molecule has 4 rings (SSSR count). The van der Waals surface area contributed by atoms with E-state index in [1.807, 2.05) is 29.2 Å². The molecule has 3 aromatic rings. The van der Waals surface area contributed by atoms with Gasteiger partial charge in [0, 0.05) is 34.3 Å². The van der Waals surface area contributed by atoms with Crippen LogP contribution in [0, 0.1) is 6.92 Å². The van der Waals surface area contributed by atoms with Crippen LogP contribution in [-0.4, -0.2) is 22.3 Å². The molecule has 3 nitrogen and oxygen atoms in total. The summed E-state index contributed by atoms with van der Waals surface area (Å²) in [6.45, 7) is 5.00. The zero-order valence-corrected chi connectivity index (χ0v) is 13.5. The molecule has 2 aromatic carbocycles. The molecule has 3 heteroatoms. The van der Waals surface area contributed by atoms with E-state index < -0.39 is 0 Å². The predicted octanol–water partition coefficient (Wildman–Crippen LogP) is 4.43. The van der Waals surface area contributed by atoms with Crippen molar-refractivity contribution in [3.63, 3.8) is 0 Å². The second-order valence-corrected chi connectivity index (χ2v) is 6.20. The third-order valence-electron chi connectivity index (χ3n) is 4.74. The van der Waals surface area contributed by atoms with E-state index in [-0.39, 0.29) is 11.9 Å². The fraction of sp³-hybridized carbons (Fsp3) is 0.250. The fourth-order valence-corrected chi connectivity index (χ4v) is 3.80. The van der Waals surface area contributed by atoms with Crippen LogP contribution in [0.5, 0.6) is 0 Å². The highest BCUT2D eigenvalue weighted by atomic mass is 16.2. The first-order chi connectivity index (χ1) is 11.2. The molecule has 1 N–H and O–H groups in total. The number of aromatic amines is 1. The van der Waals surface area contributed by atoms with Crippen LogP contribution in [0.15, 0.2) is 48.5 Å². The van der Waals surface area contributed by atoms with Gasteiger partial charge in [-0.25, -0.2) is 0 Å². The molecular weight excluding hydrogens is 284 g/mol. The number of H-pyrrole nitrogens is 1. The number of nitrogens with zero attached hydrogens (tertiary/aromatic N) is 1. The lowest BCUT2D eigenvalue weighted by Crippen LogP contribution is -2.29. The van der Waals surface area contributed by atoms with Crippen molar-refractivity contribution in [1.82, 2.24) is 9.88 Å². The van der Waals surface area contributed by atoms with Crippen LogP contribution in [0.4, 0.5) is 0 Å². The maximum absolute atomic E-state index is 12.9. The Bertz CT molecular complexity index is 894. The second-order valence-electron chi connectivity index (χ2n) is 6.20. The minimum atomic E-state index is 0.00907. The number of rotatable bonds is 3. The van der Waals surface area contributed by atoms with Crippen molar-refractivity contribution in [2.75, 3.05) is 6.54 Å². The Hall–Kier alpha value is -2.55. The molecule has 0 radical (unpaired) electrons. The average molecular weight is 304 g/mol. The molecular formula is C20H20N2O. The Morgan fingerprint density at radius 2 is 1.83 bits per heavy atom. The molecule has 2 heterocycles. The molecule has 116 valence electrons. The summed E-state index contributed by atoms with van der Waals surface area (Å²) in [4.78, 5) is 18.4. The van der Waals surface area contributed by atoms with Gasteiger partial charge in [0.25, 0.3) is 5.91 Å². The number of fused-ring (bicyclic) bond motifs is 2. The molecule has 23 heavy (non-hydrogen) atoms. The molecule has 0 bridgehead atoms. The van der Waals surface area contributed by atoms with Crippen LogP contribution >= 0.6 is 0 Å². The third-order valence-corrected chi connectivity index (χ3v) is 4.74. The lowest BCUT2D eigenvalue weighted by atomic mass is 9.95. The van der Waals surface area contributed by atoms with Crippen molar-refractivity contribution in [3.05, 3.63) is 70.9 Å². The predicted molar refractivity (Wildman–Crippen MR) is 92.6 cm³/mol. The third kappa shape index (κ3) is 2.00. The number of benzene rings is 2. The summed E-state index contributed by atoms with van der Waals surface area (Å²) < 4.78 is 0. The van der Waals surface area contributed by atoms with E-state index in [1.165, 1.54) is 10.9 Å². The number of para-hydroxylation sites is 1. The van der Waals surface area contributed by atoms with Gasteiger partial charge in [-0.05, 0) is 31.0 Å². The van der Waals surface area contributed by atoms with Crippen LogP contribution in [0.2, 0.25) is 0 Å². The van der Waals surface area contributed by atoms with E-state index in [1.54, 1.807) is 0 Å². The van der Waals surface area contributed by atoms with E-state index in [0.29, 0.717) is 0 Å². The van der Waals surface area contributed by atoms with E-state index in [9.17, 15) is 4.79 Å². The minimum absolute atomic E-state index is 0.00907. The van der Waals surface area contributed by atoms with Gasteiger partial charge in [0.1, 0.15) is 0 Å². The first-order valence-electron chi connectivity index (χ1n) is 8.19. The van der Waals surface area contributed by atoms with Gasteiger partial charge in [-0.15, -0.1) is 0 Å². The lowest BCUT2D eigenvalue weighted by molar-refractivity contribution is 0.0750. The molecule has 0 fully saturated rings. The topological polar surface area (TPSA) is 36.1 Å². The Labute approximate surface area is 135 Å². The number of carbonyl (C=O) groups is 1. The van der Waals surface area contributed by atoms with Crippen molar-refractivity contribution in [2.24, 2.45) is 0 Å². The van der Waals surface area contributed by atoms with Gasteiger partial charge in [-0.3, -0.25) is 4.79 Å². The van der Waals surface area contributed by atoms with E-state index in [0.717, 1.165) is 35.3 Å². The smallest absolute Gasteiger partial charge is 0.255 e. The van der Waals surface area contributed by atoms with Gasteiger partial charge in [0.2, 0.25) is 0 Å². The molecule has 0 saturated carbocycles. The van der Waals surface area contributed by atoms with Crippen LogP contribution in [0.25, 0.3) is 10.9 Å². The van der Waals surface area contributed by atoms with E-state index in [4.69, 9.17) is 0 Å². The Balaban J connectivity index is 1.97. The lowest BCUT2D eigenvalue weighted by Gasteiger charge is -2.25. The normalized spacial score (nSPS) is 17.0. The van der Waals surface area contributed by atoms with Gasteiger partial charge < -0.3 is 9.88 Å². The summed E-state index contributed by atoms with van der Waals surface area (Å²) in [6, 6.07) is 16.4. The molecule has 1 aromatic heterocycles. The van der Waals surface area contributed by atoms with Crippen LogP contribution < -0.4 is 0 Å². The quantitative estimate of drug-likeness (QED) is 0.763. The van der Waals surface area contributed by atoms with Crippen molar-refractivity contribution in [2.45, 2.75) is 26.3 Å². The van der Waals surface area contributed by atoms with Gasteiger partial charge in [0.05, 0.1) is 6.04 Å². The Morgan fingerprint density at radius 1 is 1.09 bits per heavy atom. The zero-order chi connectivity index (χ0) is 16.0. The summed E-state index contributed by atoms with van der Waals surface area (Å²) in [5, 5.41) is 1.21. The van der Waals surface area contributed by atoms with E-state index >= 15 is 0 Å². The zero-order valence-electron chi connectivity index (χ0n) is 13.5. The first kappa shape index (κ1) is 14.1. The van der Waals surface area contributed by atoms with Crippen LogP contribution in [0.1, 0.15) is 46.6 Å². The van der Waals surface area contributed by atoms with Crippen molar-refractivity contribution in [1.29, 1.82) is 0 Å². The maximum atomic E-state index is 12.9. The molecule has 1 atom stereocenters. The van der Waals surface area contributed by atoms with Gasteiger partial charge >= 0.3 is 0 Å². The first-order valence-corrected chi connectivity index (χ1v) is 8.19. The number of aryl methyl sites for hydroxylation is 1. The number of aromatic nitrogens is 1. The van der Waals surface area contributed by atoms with Crippen LogP contribution in [0.3, 0.4) is 0 Å². The van der Waals surface area contributed by atoms with Crippen molar-refractivity contribution in [3.8, 4) is 0 Å². The van der Waals surface area contributed by atoms with Crippen molar-refractivity contribution < 1.29 is 4.79 Å². The number of hydrogen-bond acceptors (Lipinski definition) is 1. The number of nitrogens with one attached hydrogen (secondary N) is 1. The molecule has 1 unspecified atom stereocenters. The number of hydrogen-bond donors (Lipinski definition) is 1. The highest BCUT2D eigenvalue weighted by Gasteiger charge is 2.38. The Kier molecular flexibility index (Phi) is 3.22. The maximum Gasteiger partial charge on any atom is 0.255 e. The standard InChI is InChI=1S/C20H20N2O/c1-3-12-22-19(14-8-4-5-9-15(14)20(22)23)18-13(2)21-17-11-7-6-10-16(17)18/h4-11,19,21H,3,12H2,1-2H3. The molecule has 0 spiro atoms. The molecule has 1 aliphatic heterocycles. The Morgan fingerprint density at radius 3 is 2.65 bits per heavy atom. The second kappa shape index (κ2) is 5.27. The summed E-state index contributed by atoms with van der Waals surface area (Å²) in [6.07, 6.45) is 0.956. The average Bonchev–Trinajstić information content (AvgIpc) is 3.03. The highest BCUT2D eigenvalue weighted by molar-refractivity contribution is 6.01. The largest absolute Gasteiger partial charge is 0.358 e. The molecule has 0 aliphatic carbocycles. The summed E-state index contributed by atoms with van der Waals surface area (Å²) in [7, 11) is 0. The van der Waals surface area contributed by atoms with Gasteiger partial charge in [-0.2, -0.15) is 0 Å². The highest BCUT2D eigenvalue weighted by Crippen LogP contribution is 2.42.